The van der Waals surface area contributed by atoms with Crippen molar-refractivity contribution in [1.29, 1.82) is 0 Å². The Labute approximate surface area is 131 Å². The average molecular weight is 307 g/mol. The van der Waals surface area contributed by atoms with Crippen LogP contribution in [0.3, 0.4) is 0 Å². The maximum absolute atomic E-state index is 11.6. The Morgan fingerprint density at radius 2 is 1.64 bits per heavy atom. The van der Waals surface area contributed by atoms with E-state index in [2.05, 4.69) is 29.4 Å². The fraction of sp³-hybridized carbons (Fsp3) is 0.500. The third-order valence-corrected chi connectivity index (χ3v) is 3.32. The highest BCUT2D eigenvalue weighted by Gasteiger charge is 2.12. The van der Waals surface area contributed by atoms with Gasteiger partial charge in [0.05, 0.1) is 6.61 Å². The van der Waals surface area contributed by atoms with Crippen LogP contribution in [0, 0.1) is 0 Å². The molecular weight excluding hydrogens is 282 g/mol. The number of nitrogens with one attached hydrogen (secondary N) is 2. The average Bonchev–Trinajstić information content (AvgIpc) is 2.55. The first-order valence-electron chi connectivity index (χ1n) is 7.51. The number of ether oxygens (including phenoxy) is 1. The van der Waals surface area contributed by atoms with Crippen LogP contribution in [-0.4, -0.2) is 45.2 Å². The molecule has 2 N–H and O–H groups in total. The lowest BCUT2D eigenvalue weighted by molar-refractivity contribution is -0.139. The summed E-state index contributed by atoms with van der Waals surface area (Å²) in [7, 11) is 1.54. The van der Waals surface area contributed by atoms with Crippen LogP contribution in [0.25, 0.3) is 0 Å². The van der Waals surface area contributed by atoms with Gasteiger partial charge in [0, 0.05) is 39.0 Å². The molecule has 0 aliphatic rings. The molecule has 0 spiro atoms. The molecule has 0 saturated heterocycles. The minimum atomic E-state index is -0.642. The predicted octanol–water partition coefficient (Wildman–Crippen LogP) is 0.912. The number of amides is 2. The summed E-state index contributed by atoms with van der Waals surface area (Å²) in [6, 6.07) is 7.95. The lowest BCUT2D eigenvalue weighted by Crippen LogP contribution is -2.40. The number of carbonyl (C=O) groups excluding carboxylic acids is 2. The Hall–Kier alpha value is -2.08. The van der Waals surface area contributed by atoms with Gasteiger partial charge in [0.25, 0.3) is 0 Å². The summed E-state index contributed by atoms with van der Waals surface area (Å²) in [4.78, 5) is 25.3. The first-order chi connectivity index (χ1) is 10.6. The Morgan fingerprint density at radius 3 is 2.18 bits per heavy atom. The van der Waals surface area contributed by atoms with Crippen molar-refractivity contribution in [2.24, 2.45) is 0 Å². The predicted molar refractivity (Wildman–Crippen MR) is 86.7 cm³/mol. The van der Waals surface area contributed by atoms with Gasteiger partial charge >= 0.3 is 11.8 Å². The molecule has 0 aromatic heterocycles. The smallest absolute Gasteiger partial charge is 0.309 e. The van der Waals surface area contributed by atoms with Crippen molar-refractivity contribution in [3.05, 3.63) is 29.8 Å². The molecule has 0 fully saturated rings. The first kappa shape index (κ1) is 18.0. The highest BCUT2D eigenvalue weighted by Crippen LogP contribution is 2.14. The van der Waals surface area contributed by atoms with Crippen molar-refractivity contribution in [3.8, 4) is 0 Å². The standard InChI is InChI=1S/C16H25N3O3/c1-4-19(5-2)14-8-6-13(7-9-14)12-18-16(21)15(20)17-10-11-22-3/h6-9H,4-5,10-12H2,1-3H3,(H,17,20)(H,18,21). The van der Waals surface area contributed by atoms with Crippen molar-refractivity contribution < 1.29 is 14.3 Å². The molecule has 0 radical (unpaired) electrons. The van der Waals surface area contributed by atoms with Crippen molar-refractivity contribution in [1.82, 2.24) is 10.6 Å². The Balaban J connectivity index is 2.44. The lowest BCUT2D eigenvalue weighted by atomic mass is 10.2. The van der Waals surface area contributed by atoms with Crippen LogP contribution in [0.15, 0.2) is 24.3 Å². The topological polar surface area (TPSA) is 70.7 Å². The molecule has 1 aromatic rings. The molecule has 122 valence electrons. The summed E-state index contributed by atoms with van der Waals surface area (Å²) in [6.07, 6.45) is 0. The second-order valence-corrected chi connectivity index (χ2v) is 4.77. The molecule has 0 bridgehead atoms. The van der Waals surface area contributed by atoms with E-state index < -0.39 is 11.8 Å². The molecule has 1 rings (SSSR count). The Bertz CT molecular complexity index is 470. The highest BCUT2D eigenvalue weighted by atomic mass is 16.5. The number of benzene rings is 1. The third kappa shape index (κ3) is 5.73. The fourth-order valence-electron chi connectivity index (χ4n) is 2.02. The van der Waals surface area contributed by atoms with Gasteiger partial charge in [0.1, 0.15) is 0 Å². The molecule has 0 aliphatic carbocycles. The molecule has 0 atom stereocenters. The molecule has 1 aromatic carbocycles. The zero-order chi connectivity index (χ0) is 16.4. The van der Waals surface area contributed by atoms with Gasteiger partial charge < -0.3 is 20.3 Å². The van der Waals surface area contributed by atoms with E-state index in [1.54, 1.807) is 0 Å². The van der Waals surface area contributed by atoms with Crippen molar-refractivity contribution in [2.75, 3.05) is 38.3 Å². The van der Waals surface area contributed by atoms with E-state index in [1.807, 2.05) is 24.3 Å². The van der Waals surface area contributed by atoms with Gasteiger partial charge in [-0.2, -0.15) is 0 Å². The van der Waals surface area contributed by atoms with Crippen LogP contribution in [0.4, 0.5) is 5.69 Å². The van der Waals surface area contributed by atoms with Gasteiger partial charge in [0.15, 0.2) is 0 Å². The molecule has 0 saturated carbocycles. The second-order valence-electron chi connectivity index (χ2n) is 4.77. The number of carbonyl (C=O) groups is 2. The van der Waals surface area contributed by atoms with Gasteiger partial charge in [-0.25, -0.2) is 0 Å². The van der Waals surface area contributed by atoms with Crippen LogP contribution in [-0.2, 0) is 20.9 Å². The monoisotopic (exact) mass is 307 g/mol. The number of hydrogen-bond donors (Lipinski definition) is 2. The van der Waals surface area contributed by atoms with Crippen LogP contribution < -0.4 is 15.5 Å². The summed E-state index contributed by atoms with van der Waals surface area (Å²) in [5, 5.41) is 5.07. The Kier molecular flexibility index (Phi) is 7.99. The van der Waals surface area contributed by atoms with E-state index >= 15 is 0 Å². The highest BCUT2D eigenvalue weighted by molar-refractivity contribution is 6.35. The van der Waals surface area contributed by atoms with Gasteiger partial charge in [-0.1, -0.05) is 12.1 Å². The van der Waals surface area contributed by atoms with Gasteiger partial charge in [-0.15, -0.1) is 0 Å². The number of anilines is 1. The molecule has 2 amide bonds. The maximum Gasteiger partial charge on any atom is 0.309 e. The zero-order valence-electron chi connectivity index (χ0n) is 13.5. The maximum atomic E-state index is 11.6. The lowest BCUT2D eigenvalue weighted by Gasteiger charge is -2.21. The van der Waals surface area contributed by atoms with Crippen LogP contribution in [0.5, 0.6) is 0 Å². The van der Waals surface area contributed by atoms with Crippen molar-refractivity contribution in [2.45, 2.75) is 20.4 Å². The van der Waals surface area contributed by atoms with E-state index in [4.69, 9.17) is 4.74 Å². The Morgan fingerprint density at radius 1 is 1.05 bits per heavy atom. The largest absolute Gasteiger partial charge is 0.383 e. The van der Waals surface area contributed by atoms with Crippen LogP contribution >= 0.6 is 0 Å². The number of methoxy groups -OCH3 is 1. The molecule has 0 heterocycles. The zero-order valence-corrected chi connectivity index (χ0v) is 13.5. The molecule has 22 heavy (non-hydrogen) atoms. The fourth-order valence-corrected chi connectivity index (χ4v) is 2.02. The number of rotatable bonds is 8. The van der Waals surface area contributed by atoms with Gasteiger partial charge in [-0.05, 0) is 31.5 Å². The van der Waals surface area contributed by atoms with Gasteiger partial charge in [-0.3, -0.25) is 9.59 Å². The second kappa shape index (κ2) is 9.78. The normalized spacial score (nSPS) is 10.1. The summed E-state index contributed by atoms with van der Waals surface area (Å²) >= 11 is 0. The third-order valence-electron chi connectivity index (χ3n) is 3.32. The van der Waals surface area contributed by atoms with E-state index in [-0.39, 0.29) is 0 Å². The molecule has 0 aliphatic heterocycles. The molecule has 6 nitrogen and oxygen atoms in total. The molecule has 6 heteroatoms. The minimum Gasteiger partial charge on any atom is -0.383 e. The quantitative estimate of drug-likeness (QED) is 0.553. The number of hydrogen-bond acceptors (Lipinski definition) is 4. The molecule has 0 unspecified atom stereocenters. The first-order valence-corrected chi connectivity index (χ1v) is 7.51. The van der Waals surface area contributed by atoms with Gasteiger partial charge in [0.2, 0.25) is 0 Å². The van der Waals surface area contributed by atoms with E-state index in [9.17, 15) is 9.59 Å². The number of nitrogens with zero attached hydrogens (tertiary/aromatic N) is 1. The van der Waals surface area contributed by atoms with E-state index in [0.717, 1.165) is 24.3 Å². The summed E-state index contributed by atoms with van der Waals surface area (Å²) < 4.78 is 4.80. The summed E-state index contributed by atoms with van der Waals surface area (Å²) in [6.45, 7) is 7.16. The minimum absolute atomic E-state index is 0.321. The van der Waals surface area contributed by atoms with E-state index in [0.29, 0.717) is 19.7 Å². The molecular formula is C16H25N3O3. The van der Waals surface area contributed by atoms with E-state index in [1.165, 1.54) is 7.11 Å². The van der Waals surface area contributed by atoms with Crippen molar-refractivity contribution >= 4 is 17.5 Å². The summed E-state index contributed by atoms with van der Waals surface area (Å²) in [5.41, 5.74) is 2.10. The van der Waals surface area contributed by atoms with Crippen LogP contribution in [0.1, 0.15) is 19.4 Å². The SMILES string of the molecule is CCN(CC)c1ccc(CNC(=O)C(=O)NCCOC)cc1. The van der Waals surface area contributed by atoms with Crippen molar-refractivity contribution in [3.63, 3.8) is 0 Å². The van der Waals surface area contributed by atoms with Crippen LogP contribution in [0.2, 0.25) is 0 Å². The summed E-state index contributed by atoms with van der Waals surface area (Å²) in [5.74, 6) is -1.28.